The minimum absolute atomic E-state index is 0.0623. The molecule has 0 saturated heterocycles. The standard InChI is InChI=1S/C15H11N3O2/c19-13(16-12-9-5-2-6-10-12)15-18-17-14(20-15)11-7-3-1-4-8-11/h1-10H,(H,16,19). The molecule has 5 nitrogen and oxygen atoms in total. The number of carbonyl (C=O) groups excluding carboxylic acids is 1. The third-order valence-electron chi connectivity index (χ3n) is 2.67. The van der Waals surface area contributed by atoms with Crippen molar-refractivity contribution in [3.63, 3.8) is 0 Å². The van der Waals surface area contributed by atoms with Crippen LogP contribution in [0.1, 0.15) is 10.7 Å². The Balaban J connectivity index is 1.79. The number of nitrogens with one attached hydrogen (secondary N) is 1. The van der Waals surface area contributed by atoms with Gasteiger partial charge in [0.1, 0.15) is 0 Å². The Morgan fingerprint density at radius 3 is 2.25 bits per heavy atom. The van der Waals surface area contributed by atoms with Gasteiger partial charge in [-0.25, -0.2) is 0 Å². The van der Waals surface area contributed by atoms with E-state index in [0.29, 0.717) is 11.6 Å². The minimum Gasteiger partial charge on any atom is -0.412 e. The summed E-state index contributed by atoms with van der Waals surface area (Å²) in [6, 6.07) is 18.4. The highest BCUT2D eigenvalue weighted by atomic mass is 16.4. The molecule has 1 amide bonds. The van der Waals surface area contributed by atoms with Gasteiger partial charge in [-0.05, 0) is 24.3 Å². The van der Waals surface area contributed by atoms with Gasteiger partial charge in [-0.1, -0.05) is 36.4 Å². The number of benzene rings is 2. The van der Waals surface area contributed by atoms with Crippen LogP contribution < -0.4 is 5.32 Å². The first-order valence-electron chi connectivity index (χ1n) is 6.08. The van der Waals surface area contributed by atoms with Crippen molar-refractivity contribution in [1.82, 2.24) is 10.2 Å². The first kappa shape index (κ1) is 12.1. The summed E-state index contributed by atoms with van der Waals surface area (Å²) in [5.41, 5.74) is 1.45. The van der Waals surface area contributed by atoms with Crippen LogP contribution in [0.5, 0.6) is 0 Å². The van der Waals surface area contributed by atoms with E-state index in [1.807, 2.05) is 48.5 Å². The van der Waals surface area contributed by atoms with Gasteiger partial charge in [-0.3, -0.25) is 4.79 Å². The Labute approximate surface area is 115 Å². The van der Waals surface area contributed by atoms with Gasteiger partial charge in [-0.15, -0.1) is 10.2 Å². The van der Waals surface area contributed by atoms with Crippen LogP contribution >= 0.6 is 0 Å². The summed E-state index contributed by atoms with van der Waals surface area (Å²) in [5.74, 6) is -0.164. The number of rotatable bonds is 3. The molecule has 1 N–H and O–H groups in total. The van der Waals surface area contributed by atoms with Gasteiger partial charge in [0.15, 0.2) is 0 Å². The van der Waals surface area contributed by atoms with Crippen LogP contribution in [0.3, 0.4) is 0 Å². The summed E-state index contributed by atoms with van der Waals surface area (Å²) >= 11 is 0. The SMILES string of the molecule is O=C(Nc1ccccc1)c1nnc(-c2ccccc2)o1. The van der Waals surface area contributed by atoms with Crippen LogP contribution in [-0.2, 0) is 0 Å². The number of aromatic nitrogens is 2. The lowest BCUT2D eigenvalue weighted by Crippen LogP contribution is -2.12. The molecule has 0 aliphatic carbocycles. The highest BCUT2D eigenvalue weighted by Gasteiger charge is 2.15. The van der Waals surface area contributed by atoms with Gasteiger partial charge in [-0.2, -0.15) is 0 Å². The lowest BCUT2D eigenvalue weighted by atomic mass is 10.2. The minimum atomic E-state index is -0.425. The normalized spacial score (nSPS) is 10.2. The first-order valence-corrected chi connectivity index (χ1v) is 6.08. The largest absolute Gasteiger partial charge is 0.412 e. The maximum Gasteiger partial charge on any atom is 0.313 e. The maximum atomic E-state index is 12.0. The Kier molecular flexibility index (Phi) is 3.24. The molecule has 20 heavy (non-hydrogen) atoms. The Bertz CT molecular complexity index is 708. The molecular formula is C15H11N3O2. The number of amides is 1. The summed E-state index contributed by atoms with van der Waals surface area (Å²) in [6.07, 6.45) is 0. The van der Waals surface area contributed by atoms with Crippen LogP contribution in [-0.4, -0.2) is 16.1 Å². The van der Waals surface area contributed by atoms with Crippen molar-refractivity contribution in [2.45, 2.75) is 0 Å². The van der Waals surface area contributed by atoms with Crippen molar-refractivity contribution >= 4 is 11.6 Å². The average Bonchev–Trinajstić information content (AvgIpc) is 2.99. The molecule has 1 aromatic heterocycles. The molecule has 0 saturated carbocycles. The predicted octanol–water partition coefficient (Wildman–Crippen LogP) is 2.99. The molecule has 0 unspecified atom stereocenters. The molecule has 0 aliphatic heterocycles. The zero-order valence-corrected chi connectivity index (χ0v) is 10.5. The molecule has 0 radical (unpaired) electrons. The molecular weight excluding hydrogens is 254 g/mol. The molecule has 3 rings (SSSR count). The second-order valence-electron chi connectivity index (χ2n) is 4.10. The molecule has 0 atom stereocenters. The number of carbonyl (C=O) groups is 1. The second kappa shape index (κ2) is 5.36. The Morgan fingerprint density at radius 1 is 0.900 bits per heavy atom. The van der Waals surface area contributed by atoms with Crippen molar-refractivity contribution < 1.29 is 9.21 Å². The quantitative estimate of drug-likeness (QED) is 0.790. The topological polar surface area (TPSA) is 68.0 Å². The van der Waals surface area contributed by atoms with E-state index in [9.17, 15) is 4.79 Å². The molecule has 98 valence electrons. The monoisotopic (exact) mass is 265 g/mol. The highest BCUT2D eigenvalue weighted by Crippen LogP contribution is 2.17. The van der Waals surface area contributed by atoms with Gasteiger partial charge in [0.2, 0.25) is 5.89 Å². The van der Waals surface area contributed by atoms with Gasteiger partial charge in [0, 0.05) is 11.3 Å². The van der Waals surface area contributed by atoms with E-state index in [2.05, 4.69) is 15.5 Å². The fourth-order valence-electron chi connectivity index (χ4n) is 1.72. The summed E-state index contributed by atoms with van der Waals surface area (Å²) in [5, 5.41) is 10.3. The molecule has 2 aromatic carbocycles. The molecule has 5 heteroatoms. The zero-order chi connectivity index (χ0) is 13.8. The van der Waals surface area contributed by atoms with Crippen molar-refractivity contribution in [3.05, 3.63) is 66.6 Å². The third-order valence-corrected chi connectivity index (χ3v) is 2.67. The van der Waals surface area contributed by atoms with E-state index in [4.69, 9.17) is 4.42 Å². The fraction of sp³-hybridized carbons (Fsp3) is 0. The summed E-state index contributed by atoms with van der Waals surface area (Å²) in [4.78, 5) is 12.0. The van der Waals surface area contributed by atoms with E-state index >= 15 is 0 Å². The van der Waals surface area contributed by atoms with E-state index < -0.39 is 5.91 Å². The van der Waals surface area contributed by atoms with Crippen molar-refractivity contribution in [2.24, 2.45) is 0 Å². The Hall–Kier alpha value is -2.95. The molecule has 3 aromatic rings. The smallest absolute Gasteiger partial charge is 0.313 e. The molecule has 0 fully saturated rings. The molecule has 0 aliphatic rings. The van der Waals surface area contributed by atoms with Crippen LogP contribution in [0.2, 0.25) is 0 Å². The summed E-state index contributed by atoms with van der Waals surface area (Å²) in [6.45, 7) is 0. The van der Waals surface area contributed by atoms with E-state index in [0.717, 1.165) is 5.56 Å². The van der Waals surface area contributed by atoms with Crippen LogP contribution in [0.25, 0.3) is 11.5 Å². The molecule has 0 bridgehead atoms. The molecule has 1 heterocycles. The molecule has 0 spiro atoms. The number of nitrogens with zero attached hydrogens (tertiary/aromatic N) is 2. The van der Waals surface area contributed by atoms with Crippen molar-refractivity contribution in [3.8, 4) is 11.5 Å². The second-order valence-corrected chi connectivity index (χ2v) is 4.10. The lowest BCUT2D eigenvalue weighted by molar-refractivity contribution is 0.0991. The number of hydrogen-bond acceptors (Lipinski definition) is 4. The highest BCUT2D eigenvalue weighted by molar-refractivity contribution is 6.00. The number of para-hydroxylation sites is 1. The van der Waals surface area contributed by atoms with Crippen LogP contribution in [0.15, 0.2) is 65.1 Å². The van der Waals surface area contributed by atoms with E-state index in [-0.39, 0.29) is 5.89 Å². The van der Waals surface area contributed by atoms with Gasteiger partial charge >= 0.3 is 11.8 Å². The number of anilines is 1. The summed E-state index contributed by atoms with van der Waals surface area (Å²) < 4.78 is 5.37. The third kappa shape index (κ3) is 2.56. The predicted molar refractivity (Wildman–Crippen MR) is 74.1 cm³/mol. The van der Waals surface area contributed by atoms with Crippen LogP contribution in [0, 0.1) is 0 Å². The average molecular weight is 265 g/mol. The maximum absolute atomic E-state index is 12.0. The van der Waals surface area contributed by atoms with Crippen molar-refractivity contribution in [1.29, 1.82) is 0 Å². The fourth-order valence-corrected chi connectivity index (χ4v) is 1.72. The Morgan fingerprint density at radius 2 is 1.55 bits per heavy atom. The van der Waals surface area contributed by atoms with Gasteiger partial charge in [0.05, 0.1) is 0 Å². The number of hydrogen-bond donors (Lipinski definition) is 1. The van der Waals surface area contributed by atoms with E-state index in [1.54, 1.807) is 12.1 Å². The summed E-state index contributed by atoms with van der Waals surface area (Å²) in [7, 11) is 0. The van der Waals surface area contributed by atoms with Gasteiger partial charge < -0.3 is 9.73 Å². The first-order chi connectivity index (χ1) is 9.83. The van der Waals surface area contributed by atoms with E-state index in [1.165, 1.54) is 0 Å². The lowest BCUT2D eigenvalue weighted by Gasteiger charge is -2.00. The van der Waals surface area contributed by atoms with Crippen LogP contribution in [0.4, 0.5) is 5.69 Å². The zero-order valence-electron chi connectivity index (χ0n) is 10.5. The van der Waals surface area contributed by atoms with Gasteiger partial charge in [0.25, 0.3) is 0 Å². The van der Waals surface area contributed by atoms with Crippen molar-refractivity contribution in [2.75, 3.05) is 5.32 Å².